The lowest BCUT2D eigenvalue weighted by Crippen LogP contribution is -2.66. The number of hydrogen-bond acceptors (Lipinski definition) is 4. The Morgan fingerprint density at radius 1 is 1.09 bits per heavy atom. The van der Waals surface area contributed by atoms with E-state index in [9.17, 15) is 14.4 Å². The predicted molar refractivity (Wildman–Crippen MR) is 124 cm³/mol. The molecule has 2 aliphatic rings. The molecule has 0 saturated carbocycles. The molecule has 0 unspecified atom stereocenters. The molecule has 1 saturated heterocycles. The minimum absolute atomic E-state index is 0.00578. The molecule has 1 N–H and O–H groups in total. The van der Waals surface area contributed by atoms with E-state index in [1.165, 1.54) is 9.91 Å². The lowest BCUT2D eigenvalue weighted by Gasteiger charge is -2.48. The first kappa shape index (κ1) is 22.8. The Hall–Kier alpha value is -3.36. The number of benzene rings is 2. The molecule has 33 heavy (non-hydrogen) atoms. The van der Waals surface area contributed by atoms with Crippen LogP contribution >= 0.6 is 11.6 Å². The summed E-state index contributed by atoms with van der Waals surface area (Å²) in [6, 6.07) is 15.8. The summed E-state index contributed by atoms with van der Waals surface area (Å²) in [7, 11) is 1.68. The summed E-state index contributed by atoms with van der Waals surface area (Å²) in [5.41, 5.74) is 1.81. The Morgan fingerprint density at radius 3 is 2.52 bits per heavy atom. The molecular formula is C24H26ClN5O3. The van der Waals surface area contributed by atoms with E-state index in [2.05, 4.69) is 5.32 Å². The van der Waals surface area contributed by atoms with Crippen LogP contribution in [-0.2, 0) is 22.7 Å². The number of rotatable bonds is 5. The maximum Gasteiger partial charge on any atom is 0.338 e. The second-order valence-electron chi connectivity index (χ2n) is 8.04. The fraction of sp³-hybridized carbons (Fsp3) is 0.292. The summed E-state index contributed by atoms with van der Waals surface area (Å²) in [5, 5.41) is 6.47. The zero-order chi connectivity index (χ0) is 23.5. The number of halogens is 1. The third-order valence-electron chi connectivity index (χ3n) is 5.70. The maximum atomic E-state index is 13.2. The number of amides is 4. The Labute approximate surface area is 198 Å². The van der Waals surface area contributed by atoms with Gasteiger partial charge in [-0.05, 0) is 29.7 Å². The number of carbonyl (C=O) groups excluding carboxylic acids is 3. The molecular weight excluding hydrogens is 442 g/mol. The normalized spacial score (nSPS) is 18.8. The Morgan fingerprint density at radius 2 is 1.82 bits per heavy atom. The van der Waals surface area contributed by atoms with Crippen LogP contribution in [0.5, 0.6) is 0 Å². The smallest absolute Gasteiger partial charge is 0.332 e. The van der Waals surface area contributed by atoms with Crippen LogP contribution in [0.1, 0.15) is 24.5 Å². The number of hydrazine groups is 1. The summed E-state index contributed by atoms with van der Waals surface area (Å²) < 4.78 is 0. The molecule has 2 heterocycles. The highest BCUT2D eigenvalue weighted by Crippen LogP contribution is 2.30. The molecule has 8 nitrogen and oxygen atoms in total. The van der Waals surface area contributed by atoms with Crippen molar-refractivity contribution < 1.29 is 14.4 Å². The quantitative estimate of drug-likeness (QED) is 0.732. The highest BCUT2D eigenvalue weighted by atomic mass is 35.5. The molecule has 0 aliphatic carbocycles. The van der Waals surface area contributed by atoms with Crippen molar-refractivity contribution in [3.8, 4) is 0 Å². The molecule has 0 spiro atoms. The van der Waals surface area contributed by atoms with Crippen molar-refractivity contribution in [1.29, 1.82) is 0 Å². The lowest BCUT2D eigenvalue weighted by atomic mass is 10.1. The van der Waals surface area contributed by atoms with Gasteiger partial charge >= 0.3 is 6.03 Å². The van der Waals surface area contributed by atoms with Gasteiger partial charge in [-0.2, -0.15) is 0 Å². The molecule has 4 rings (SSSR count). The fourth-order valence-electron chi connectivity index (χ4n) is 4.12. The van der Waals surface area contributed by atoms with Crippen molar-refractivity contribution in [2.75, 3.05) is 13.6 Å². The van der Waals surface area contributed by atoms with E-state index >= 15 is 0 Å². The van der Waals surface area contributed by atoms with Gasteiger partial charge in [0.15, 0.2) is 5.82 Å². The molecule has 0 radical (unpaired) electrons. The Bertz CT molecular complexity index is 1090. The average molecular weight is 468 g/mol. The van der Waals surface area contributed by atoms with Gasteiger partial charge in [-0.3, -0.25) is 14.5 Å². The molecule has 0 bridgehead atoms. The van der Waals surface area contributed by atoms with E-state index < -0.39 is 6.04 Å². The first-order valence-corrected chi connectivity index (χ1v) is 11.2. The number of fused-ring (bicyclic) bond motifs is 1. The van der Waals surface area contributed by atoms with Crippen LogP contribution < -0.4 is 5.32 Å². The summed E-state index contributed by atoms with van der Waals surface area (Å²) in [6.45, 7) is 2.47. The van der Waals surface area contributed by atoms with Crippen LogP contribution in [0.3, 0.4) is 0 Å². The Balaban J connectivity index is 1.64. The monoisotopic (exact) mass is 467 g/mol. The van der Waals surface area contributed by atoms with Gasteiger partial charge in [-0.1, -0.05) is 61.0 Å². The van der Waals surface area contributed by atoms with E-state index in [4.69, 9.17) is 11.6 Å². The first-order valence-electron chi connectivity index (χ1n) is 10.8. The molecule has 2 aromatic carbocycles. The first-order chi connectivity index (χ1) is 15.9. The van der Waals surface area contributed by atoms with E-state index in [-0.39, 0.29) is 30.9 Å². The van der Waals surface area contributed by atoms with E-state index in [0.717, 1.165) is 11.1 Å². The number of hydrogen-bond donors (Lipinski definition) is 1. The zero-order valence-corrected chi connectivity index (χ0v) is 19.3. The van der Waals surface area contributed by atoms with Crippen molar-refractivity contribution >= 4 is 29.4 Å². The van der Waals surface area contributed by atoms with Crippen LogP contribution in [0.2, 0.25) is 5.02 Å². The minimum atomic E-state index is -0.685. The molecule has 1 atom stereocenters. The van der Waals surface area contributed by atoms with Crippen molar-refractivity contribution in [3.05, 3.63) is 82.8 Å². The SMILES string of the molecule is CC[C@H]1C(=O)N(Cc2cccc(Cl)c2)C=C2N1C(=O)CN(C)N2C(=O)NCc1ccccc1. The number of likely N-dealkylation sites (N-methyl/N-ethyl adjacent to an activating group) is 1. The van der Waals surface area contributed by atoms with E-state index in [0.29, 0.717) is 23.8 Å². The van der Waals surface area contributed by atoms with Crippen LogP contribution in [0, 0.1) is 0 Å². The fourth-order valence-corrected chi connectivity index (χ4v) is 4.34. The molecule has 172 valence electrons. The van der Waals surface area contributed by atoms with Crippen LogP contribution in [0.15, 0.2) is 66.6 Å². The second-order valence-corrected chi connectivity index (χ2v) is 8.48. The number of nitrogens with zero attached hydrogens (tertiary/aromatic N) is 4. The highest BCUT2D eigenvalue weighted by Gasteiger charge is 2.45. The largest absolute Gasteiger partial charge is 0.338 e. The standard InChI is InChI=1S/C24H26ClN5O3/c1-3-20-23(32)28(14-18-10-7-11-19(25)12-18)15-21-29(20)22(31)16-27(2)30(21)24(33)26-13-17-8-5-4-6-9-17/h4-12,15,20H,3,13-14,16H2,1-2H3,(H,26,33)/t20-/m0/s1. The number of nitrogens with one attached hydrogen (secondary N) is 1. The molecule has 2 aliphatic heterocycles. The molecule has 2 aromatic rings. The summed E-state index contributed by atoms with van der Waals surface area (Å²) in [5.74, 6) is -0.0602. The van der Waals surface area contributed by atoms with Crippen molar-refractivity contribution in [1.82, 2.24) is 25.1 Å². The van der Waals surface area contributed by atoms with Crippen LogP contribution in [0.4, 0.5) is 4.79 Å². The molecule has 0 aromatic heterocycles. The van der Waals surface area contributed by atoms with Gasteiger partial charge in [0.2, 0.25) is 11.8 Å². The van der Waals surface area contributed by atoms with Crippen molar-refractivity contribution in [2.24, 2.45) is 0 Å². The van der Waals surface area contributed by atoms with E-state index in [1.807, 2.05) is 49.4 Å². The van der Waals surface area contributed by atoms with Gasteiger partial charge in [-0.25, -0.2) is 14.8 Å². The van der Waals surface area contributed by atoms with E-state index in [1.54, 1.807) is 35.3 Å². The second kappa shape index (κ2) is 9.64. The minimum Gasteiger partial charge on any atom is -0.332 e. The zero-order valence-electron chi connectivity index (χ0n) is 18.6. The van der Waals surface area contributed by atoms with Crippen LogP contribution in [0.25, 0.3) is 0 Å². The summed E-state index contributed by atoms with van der Waals surface area (Å²) in [4.78, 5) is 42.3. The van der Waals surface area contributed by atoms with Gasteiger partial charge in [0.25, 0.3) is 0 Å². The molecule has 1 fully saturated rings. The van der Waals surface area contributed by atoms with Gasteiger partial charge < -0.3 is 10.2 Å². The summed E-state index contributed by atoms with van der Waals surface area (Å²) in [6.07, 6.45) is 2.00. The van der Waals surface area contributed by atoms with Crippen LogP contribution in [-0.4, -0.2) is 57.3 Å². The summed E-state index contributed by atoms with van der Waals surface area (Å²) >= 11 is 6.11. The predicted octanol–water partition coefficient (Wildman–Crippen LogP) is 3.16. The van der Waals surface area contributed by atoms with Gasteiger partial charge in [-0.15, -0.1) is 0 Å². The van der Waals surface area contributed by atoms with Crippen molar-refractivity contribution in [3.63, 3.8) is 0 Å². The third-order valence-corrected chi connectivity index (χ3v) is 5.93. The average Bonchev–Trinajstić information content (AvgIpc) is 2.79. The van der Waals surface area contributed by atoms with Gasteiger partial charge in [0.1, 0.15) is 6.04 Å². The topological polar surface area (TPSA) is 76.2 Å². The lowest BCUT2D eigenvalue weighted by molar-refractivity contribution is -0.156. The number of carbonyl (C=O) groups is 3. The maximum absolute atomic E-state index is 13.2. The number of urea groups is 1. The third kappa shape index (κ3) is 4.72. The molecule has 4 amide bonds. The Kier molecular flexibility index (Phi) is 6.67. The molecule has 9 heteroatoms. The highest BCUT2D eigenvalue weighted by molar-refractivity contribution is 6.30. The van der Waals surface area contributed by atoms with Gasteiger partial charge in [0, 0.05) is 18.6 Å². The van der Waals surface area contributed by atoms with Crippen molar-refractivity contribution in [2.45, 2.75) is 32.5 Å². The van der Waals surface area contributed by atoms with Gasteiger partial charge in [0.05, 0.1) is 19.3 Å².